The second-order valence-corrected chi connectivity index (χ2v) is 5.12. The summed E-state index contributed by atoms with van der Waals surface area (Å²) < 4.78 is 40.9. The molecule has 2 rings (SSSR count). The number of rotatable bonds is 4. The maximum atomic E-state index is 14.1. The summed E-state index contributed by atoms with van der Waals surface area (Å²) in [6, 6.07) is 6.62. The third kappa shape index (κ3) is 3.27. The standard InChI is InChI=1S/C17H18F3N/c1-4-21-17(12-5-6-14(18)10(2)7-12)13-8-11(3)15(19)9-16(13)20/h5-9,17,21H,4H2,1-3H3. The molecule has 0 aliphatic heterocycles. The zero-order valence-electron chi connectivity index (χ0n) is 12.3. The van der Waals surface area contributed by atoms with Crippen molar-refractivity contribution in [1.29, 1.82) is 0 Å². The Morgan fingerprint density at radius 1 is 0.905 bits per heavy atom. The Bertz CT molecular complexity index is 653. The third-order valence-corrected chi connectivity index (χ3v) is 3.51. The van der Waals surface area contributed by atoms with E-state index < -0.39 is 17.7 Å². The van der Waals surface area contributed by atoms with Crippen LogP contribution < -0.4 is 5.32 Å². The Morgan fingerprint density at radius 2 is 1.57 bits per heavy atom. The zero-order chi connectivity index (χ0) is 15.6. The average Bonchev–Trinajstić information content (AvgIpc) is 2.44. The quantitative estimate of drug-likeness (QED) is 0.880. The number of hydrogen-bond donors (Lipinski definition) is 1. The minimum atomic E-state index is -0.606. The van der Waals surface area contributed by atoms with Gasteiger partial charge in [-0.3, -0.25) is 0 Å². The molecule has 1 unspecified atom stereocenters. The maximum Gasteiger partial charge on any atom is 0.131 e. The van der Waals surface area contributed by atoms with Crippen LogP contribution in [0.15, 0.2) is 30.3 Å². The van der Waals surface area contributed by atoms with Gasteiger partial charge in [-0.1, -0.05) is 19.1 Å². The topological polar surface area (TPSA) is 12.0 Å². The van der Waals surface area contributed by atoms with Crippen LogP contribution in [-0.4, -0.2) is 6.54 Å². The highest BCUT2D eigenvalue weighted by Gasteiger charge is 2.19. The van der Waals surface area contributed by atoms with Gasteiger partial charge in [0.1, 0.15) is 17.5 Å². The van der Waals surface area contributed by atoms with Crippen LogP contribution in [-0.2, 0) is 0 Å². The molecule has 0 heterocycles. The zero-order valence-corrected chi connectivity index (χ0v) is 12.3. The smallest absolute Gasteiger partial charge is 0.131 e. The van der Waals surface area contributed by atoms with E-state index in [-0.39, 0.29) is 5.82 Å². The van der Waals surface area contributed by atoms with E-state index in [1.807, 2.05) is 6.92 Å². The van der Waals surface area contributed by atoms with Gasteiger partial charge >= 0.3 is 0 Å². The van der Waals surface area contributed by atoms with Crippen LogP contribution in [0, 0.1) is 31.3 Å². The van der Waals surface area contributed by atoms with E-state index in [4.69, 9.17) is 0 Å². The first kappa shape index (κ1) is 15.6. The van der Waals surface area contributed by atoms with Crippen LogP contribution >= 0.6 is 0 Å². The first-order valence-corrected chi connectivity index (χ1v) is 6.89. The number of hydrogen-bond acceptors (Lipinski definition) is 1. The summed E-state index contributed by atoms with van der Waals surface area (Å²) in [6.45, 7) is 5.76. The molecule has 0 saturated heterocycles. The molecule has 0 saturated carbocycles. The molecule has 0 fully saturated rings. The van der Waals surface area contributed by atoms with Crippen molar-refractivity contribution in [2.45, 2.75) is 26.8 Å². The monoisotopic (exact) mass is 293 g/mol. The normalized spacial score (nSPS) is 12.5. The van der Waals surface area contributed by atoms with Crippen LogP contribution in [0.2, 0.25) is 0 Å². The van der Waals surface area contributed by atoms with E-state index >= 15 is 0 Å². The molecule has 0 aromatic heterocycles. The summed E-state index contributed by atoms with van der Waals surface area (Å²) in [5.74, 6) is -1.47. The van der Waals surface area contributed by atoms with Crippen molar-refractivity contribution < 1.29 is 13.2 Å². The van der Waals surface area contributed by atoms with Crippen LogP contribution in [0.4, 0.5) is 13.2 Å². The Morgan fingerprint density at radius 3 is 2.19 bits per heavy atom. The molecule has 2 aromatic carbocycles. The van der Waals surface area contributed by atoms with Crippen molar-refractivity contribution in [3.8, 4) is 0 Å². The van der Waals surface area contributed by atoms with E-state index in [0.29, 0.717) is 23.2 Å². The van der Waals surface area contributed by atoms with Gasteiger partial charge in [0.05, 0.1) is 6.04 Å². The molecular weight excluding hydrogens is 275 g/mol. The van der Waals surface area contributed by atoms with E-state index in [2.05, 4.69) is 5.32 Å². The molecule has 1 nitrogen and oxygen atoms in total. The Labute approximate surface area is 122 Å². The van der Waals surface area contributed by atoms with Crippen molar-refractivity contribution in [2.75, 3.05) is 6.54 Å². The predicted molar refractivity (Wildman–Crippen MR) is 77.8 cm³/mol. The third-order valence-electron chi connectivity index (χ3n) is 3.51. The molecule has 0 aliphatic rings. The Hall–Kier alpha value is -1.81. The van der Waals surface area contributed by atoms with Crippen molar-refractivity contribution >= 4 is 0 Å². The molecule has 21 heavy (non-hydrogen) atoms. The molecule has 112 valence electrons. The first-order valence-electron chi connectivity index (χ1n) is 6.89. The highest BCUT2D eigenvalue weighted by atomic mass is 19.1. The highest BCUT2D eigenvalue weighted by molar-refractivity contribution is 5.37. The molecule has 1 N–H and O–H groups in total. The average molecular weight is 293 g/mol. The lowest BCUT2D eigenvalue weighted by Gasteiger charge is -2.21. The van der Waals surface area contributed by atoms with Crippen LogP contribution in [0.1, 0.15) is 35.2 Å². The Kier molecular flexibility index (Phi) is 4.68. The summed E-state index contributed by atoms with van der Waals surface area (Å²) in [5, 5.41) is 3.16. The minimum absolute atomic E-state index is 0.301. The lowest BCUT2D eigenvalue weighted by Crippen LogP contribution is -2.23. The van der Waals surface area contributed by atoms with Gasteiger partial charge in [0.2, 0.25) is 0 Å². The highest BCUT2D eigenvalue weighted by Crippen LogP contribution is 2.27. The van der Waals surface area contributed by atoms with Crippen molar-refractivity contribution in [3.63, 3.8) is 0 Å². The molecule has 0 aliphatic carbocycles. The van der Waals surface area contributed by atoms with E-state index in [9.17, 15) is 13.2 Å². The van der Waals surface area contributed by atoms with Gasteiger partial charge in [0.15, 0.2) is 0 Å². The second kappa shape index (κ2) is 6.31. The number of halogens is 3. The number of aryl methyl sites for hydroxylation is 2. The van der Waals surface area contributed by atoms with Gasteiger partial charge in [-0.05, 0) is 49.2 Å². The number of benzene rings is 2. The van der Waals surface area contributed by atoms with Crippen LogP contribution in [0.3, 0.4) is 0 Å². The van der Waals surface area contributed by atoms with Gasteiger partial charge in [-0.15, -0.1) is 0 Å². The molecule has 1 atom stereocenters. The molecule has 0 bridgehead atoms. The summed E-state index contributed by atoms with van der Waals surface area (Å²) in [5.41, 5.74) is 1.99. The molecule has 0 amide bonds. The summed E-state index contributed by atoms with van der Waals surface area (Å²) >= 11 is 0. The fourth-order valence-corrected chi connectivity index (χ4v) is 2.36. The molecule has 2 aromatic rings. The van der Waals surface area contributed by atoms with Crippen molar-refractivity contribution in [3.05, 3.63) is 70.0 Å². The van der Waals surface area contributed by atoms with E-state index in [1.165, 1.54) is 12.1 Å². The molecule has 0 spiro atoms. The predicted octanol–water partition coefficient (Wildman–Crippen LogP) is 4.42. The Balaban J connectivity index is 2.52. The van der Waals surface area contributed by atoms with Gasteiger partial charge in [-0.25, -0.2) is 13.2 Å². The minimum Gasteiger partial charge on any atom is -0.306 e. The molecule has 0 radical (unpaired) electrons. The SMILES string of the molecule is CCNC(c1ccc(F)c(C)c1)c1cc(C)c(F)cc1F. The second-order valence-electron chi connectivity index (χ2n) is 5.12. The molecular formula is C17H18F3N. The summed E-state index contributed by atoms with van der Waals surface area (Å²) in [7, 11) is 0. The summed E-state index contributed by atoms with van der Waals surface area (Å²) in [6.07, 6.45) is 0. The van der Waals surface area contributed by atoms with E-state index in [1.54, 1.807) is 26.0 Å². The van der Waals surface area contributed by atoms with Crippen molar-refractivity contribution in [1.82, 2.24) is 5.32 Å². The largest absolute Gasteiger partial charge is 0.306 e. The molecule has 4 heteroatoms. The maximum absolute atomic E-state index is 14.1. The lowest BCUT2D eigenvalue weighted by molar-refractivity contribution is 0.536. The van der Waals surface area contributed by atoms with Crippen LogP contribution in [0.25, 0.3) is 0 Å². The van der Waals surface area contributed by atoms with Crippen LogP contribution in [0.5, 0.6) is 0 Å². The van der Waals surface area contributed by atoms with Gasteiger partial charge in [0.25, 0.3) is 0 Å². The van der Waals surface area contributed by atoms with Gasteiger partial charge in [0, 0.05) is 11.6 Å². The van der Waals surface area contributed by atoms with E-state index in [0.717, 1.165) is 11.6 Å². The van der Waals surface area contributed by atoms with Gasteiger partial charge < -0.3 is 5.32 Å². The van der Waals surface area contributed by atoms with Crippen molar-refractivity contribution in [2.24, 2.45) is 0 Å². The first-order chi connectivity index (χ1) is 9.93. The van der Waals surface area contributed by atoms with Gasteiger partial charge in [-0.2, -0.15) is 0 Å². The lowest BCUT2D eigenvalue weighted by atomic mass is 9.95. The fourth-order valence-electron chi connectivity index (χ4n) is 2.36. The fraction of sp³-hybridized carbons (Fsp3) is 0.294. The number of nitrogens with one attached hydrogen (secondary N) is 1. The summed E-state index contributed by atoms with van der Waals surface area (Å²) in [4.78, 5) is 0.